The molecule has 0 amide bonds. The van der Waals surface area contributed by atoms with E-state index in [1.165, 1.54) is 0 Å². The van der Waals surface area contributed by atoms with Gasteiger partial charge in [-0.05, 0) is 35.6 Å². The molecule has 0 aliphatic rings. The average Bonchev–Trinajstić information content (AvgIpc) is 2.60. The number of nitrogens with one attached hydrogen (secondary N) is 1. The van der Waals surface area contributed by atoms with Gasteiger partial charge in [0.25, 0.3) is 0 Å². The first-order valence-corrected chi connectivity index (χ1v) is 9.50. The molecule has 2 aromatic rings. The van der Waals surface area contributed by atoms with E-state index in [2.05, 4.69) is 25.5 Å². The molecule has 0 spiro atoms. The Hall–Kier alpha value is -1.85. The van der Waals surface area contributed by atoms with Crippen LogP contribution in [0.5, 0.6) is 5.75 Å². The summed E-state index contributed by atoms with van der Waals surface area (Å²) in [6.45, 7) is 6.61. The van der Waals surface area contributed by atoms with Gasteiger partial charge >= 0.3 is 0 Å². The van der Waals surface area contributed by atoms with Crippen molar-refractivity contribution >= 4 is 10.0 Å². The highest BCUT2D eigenvalue weighted by Gasteiger charge is 2.20. The van der Waals surface area contributed by atoms with Gasteiger partial charge in [0.1, 0.15) is 5.75 Å². The molecule has 0 heterocycles. The largest absolute Gasteiger partial charge is 0.496 e. The topological polar surface area (TPSA) is 55.4 Å². The number of hydrogen-bond acceptors (Lipinski definition) is 3. The molecule has 2 rings (SSSR count). The smallest absolute Gasteiger partial charge is 0.240 e. The van der Waals surface area contributed by atoms with Crippen LogP contribution in [0, 0.1) is 0 Å². The van der Waals surface area contributed by atoms with Crippen LogP contribution in [-0.4, -0.2) is 15.5 Å². The molecule has 0 bridgehead atoms. The average molecular weight is 347 g/mol. The summed E-state index contributed by atoms with van der Waals surface area (Å²) in [4.78, 5) is 0.271. The zero-order valence-electron chi connectivity index (χ0n) is 14.7. The van der Waals surface area contributed by atoms with Crippen molar-refractivity contribution in [3.8, 4) is 5.75 Å². The lowest BCUT2D eigenvalue weighted by atomic mass is 9.82. The first kappa shape index (κ1) is 18.5. The number of benzene rings is 2. The van der Waals surface area contributed by atoms with Crippen LogP contribution in [0.3, 0.4) is 0 Å². The van der Waals surface area contributed by atoms with E-state index < -0.39 is 10.0 Å². The fourth-order valence-corrected chi connectivity index (χ4v) is 3.40. The summed E-state index contributed by atoms with van der Waals surface area (Å²) in [6.07, 6.45) is 0.991. The first-order chi connectivity index (χ1) is 11.3. The van der Waals surface area contributed by atoms with Crippen LogP contribution in [0.25, 0.3) is 0 Å². The summed E-state index contributed by atoms with van der Waals surface area (Å²) >= 11 is 0. The van der Waals surface area contributed by atoms with E-state index >= 15 is 0 Å². The Bertz CT molecular complexity index is 781. The predicted molar refractivity (Wildman–Crippen MR) is 96.8 cm³/mol. The maximum absolute atomic E-state index is 12.5. The Kier molecular flexibility index (Phi) is 5.67. The maximum Gasteiger partial charge on any atom is 0.240 e. The Balaban J connectivity index is 2.16. The van der Waals surface area contributed by atoms with Crippen LogP contribution in [0.1, 0.15) is 38.3 Å². The van der Waals surface area contributed by atoms with E-state index in [0.29, 0.717) is 5.75 Å². The van der Waals surface area contributed by atoms with Crippen LogP contribution in [0.4, 0.5) is 0 Å². The minimum Gasteiger partial charge on any atom is -0.496 e. The molecule has 1 N–H and O–H groups in total. The monoisotopic (exact) mass is 347 g/mol. The number of methoxy groups -OCH3 is 1. The van der Waals surface area contributed by atoms with Gasteiger partial charge in [-0.15, -0.1) is 0 Å². The fourth-order valence-electron chi connectivity index (χ4n) is 2.39. The molecule has 5 heteroatoms. The van der Waals surface area contributed by atoms with E-state index in [0.717, 1.165) is 17.5 Å². The molecule has 130 valence electrons. The molecule has 0 fully saturated rings. The standard InChI is InChI=1S/C19H25NO3S/c1-5-19(2,3)16-10-12-17(13-11-16)24(21,22)20-14-15-8-6-7-9-18(15)23-4/h6-13,20H,5,14H2,1-4H3. The van der Waals surface area contributed by atoms with Crippen molar-refractivity contribution in [2.75, 3.05) is 7.11 Å². The highest BCUT2D eigenvalue weighted by Crippen LogP contribution is 2.27. The molecule has 24 heavy (non-hydrogen) atoms. The van der Waals surface area contributed by atoms with Crippen molar-refractivity contribution in [3.63, 3.8) is 0 Å². The van der Waals surface area contributed by atoms with E-state index in [1.807, 2.05) is 36.4 Å². The third-order valence-corrected chi connectivity index (χ3v) is 5.89. The number of hydrogen-bond donors (Lipinski definition) is 1. The number of para-hydroxylation sites is 1. The molecule has 0 radical (unpaired) electrons. The summed E-state index contributed by atoms with van der Waals surface area (Å²) in [5.41, 5.74) is 1.97. The first-order valence-electron chi connectivity index (χ1n) is 8.02. The van der Waals surface area contributed by atoms with Gasteiger partial charge in [-0.1, -0.05) is 51.1 Å². The van der Waals surface area contributed by atoms with Crippen LogP contribution in [0.2, 0.25) is 0 Å². The minimum absolute atomic E-state index is 0.0348. The van der Waals surface area contributed by atoms with Gasteiger partial charge in [0, 0.05) is 12.1 Å². The lowest BCUT2D eigenvalue weighted by molar-refractivity contribution is 0.409. The highest BCUT2D eigenvalue weighted by molar-refractivity contribution is 7.89. The molecule has 0 aliphatic heterocycles. The Morgan fingerprint density at radius 3 is 2.25 bits per heavy atom. The predicted octanol–water partition coefficient (Wildman–Crippen LogP) is 3.86. The lowest BCUT2D eigenvalue weighted by Gasteiger charge is -2.23. The molecule has 0 saturated carbocycles. The molecule has 0 unspecified atom stereocenters. The number of rotatable bonds is 7. The molecule has 2 aromatic carbocycles. The summed E-state index contributed by atoms with van der Waals surface area (Å²) in [5.74, 6) is 0.667. The molecular weight excluding hydrogens is 322 g/mol. The molecule has 4 nitrogen and oxygen atoms in total. The van der Waals surface area contributed by atoms with Gasteiger partial charge in [-0.2, -0.15) is 0 Å². The third kappa shape index (κ3) is 4.16. The SMILES string of the molecule is CCC(C)(C)c1ccc(S(=O)(=O)NCc2ccccc2OC)cc1. The Labute approximate surface area is 144 Å². The number of ether oxygens (including phenoxy) is 1. The molecule has 0 atom stereocenters. The molecule has 0 saturated heterocycles. The summed E-state index contributed by atoms with van der Waals surface area (Å²) in [6, 6.07) is 14.5. The summed E-state index contributed by atoms with van der Waals surface area (Å²) < 4.78 is 32.8. The van der Waals surface area contributed by atoms with Crippen molar-refractivity contribution in [1.29, 1.82) is 0 Å². The van der Waals surface area contributed by atoms with E-state index in [9.17, 15) is 8.42 Å². The van der Waals surface area contributed by atoms with E-state index in [4.69, 9.17) is 4.74 Å². The van der Waals surface area contributed by atoms with Gasteiger partial charge in [0.15, 0.2) is 0 Å². The van der Waals surface area contributed by atoms with Gasteiger partial charge in [0.05, 0.1) is 12.0 Å². The second-order valence-corrected chi connectivity index (χ2v) is 8.17. The Morgan fingerprint density at radius 1 is 1.04 bits per heavy atom. The normalized spacial score (nSPS) is 12.2. The Morgan fingerprint density at radius 2 is 1.67 bits per heavy atom. The van der Waals surface area contributed by atoms with Crippen LogP contribution in [0.15, 0.2) is 53.4 Å². The lowest BCUT2D eigenvalue weighted by Crippen LogP contribution is -2.24. The van der Waals surface area contributed by atoms with Crippen molar-refractivity contribution in [2.45, 2.75) is 44.0 Å². The van der Waals surface area contributed by atoms with Crippen molar-refractivity contribution < 1.29 is 13.2 Å². The van der Waals surface area contributed by atoms with Crippen molar-refractivity contribution in [1.82, 2.24) is 4.72 Å². The van der Waals surface area contributed by atoms with Crippen LogP contribution in [-0.2, 0) is 22.0 Å². The second kappa shape index (κ2) is 7.36. The highest BCUT2D eigenvalue weighted by atomic mass is 32.2. The summed E-state index contributed by atoms with van der Waals surface area (Å²) in [7, 11) is -1.99. The van der Waals surface area contributed by atoms with Crippen molar-refractivity contribution in [2.24, 2.45) is 0 Å². The van der Waals surface area contributed by atoms with Gasteiger partial charge < -0.3 is 4.74 Å². The number of sulfonamides is 1. The molecule has 0 aliphatic carbocycles. The quantitative estimate of drug-likeness (QED) is 0.827. The van der Waals surface area contributed by atoms with Gasteiger partial charge in [-0.25, -0.2) is 13.1 Å². The maximum atomic E-state index is 12.5. The third-order valence-electron chi connectivity index (χ3n) is 4.48. The van der Waals surface area contributed by atoms with E-state index in [1.54, 1.807) is 19.2 Å². The van der Waals surface area contributed by atoms with Gasteiger partial charge in [0.2, 0.25) is 10.0 Å². The van der Waals surface area contributed by atoms with Crippen LogP contribution < -0.4 is 9.46 Å². The molecule has 0 aromatic heterocycles. The zero-order chi connectivity index (χ0) is 17.8. The minimum atomic E-state index is -3.56. The fraction of sp³-hybridized carbons (Fsp3) is 0.368. The van der Waals surface area contributed by atoms with Crippen LogP contribution >= 0.6 is 0 Å². The zero-order valence-corrected chi connectivity index (χ0v) is 15.5. The second-order valence-electron chi connectivity index (χ2n) is 6.40. The van der Waals surface area contributed by atoms with Gasteiger partial charge in [-0.3, -0.25) is 0 Å². The molecular formula is C19H25NO3S. The summed E-state index contributed by atoms with van der Waals surface area (Å²) in [5, 5.41) is 0. The van der Waals surface area contributed by atoms with Crippen molar-refractivity contribution in [3.05, 3.63) is 59.7 Å². The van der Waals surface area contributed by atoms with E-state index in [-0.39, 0.29) is 16.9 Å².